The second-order valence-electron chi connectivity index (χ2n) is 3.31. The zero-order chi connectivity index (χ0) is 10.1. The summed E-state index contributed by atoms with van der Waals surface area (Å²) in [7, 11) is -3.05. The zero-order valence-corrected chi connectivity index (χ0v) is 9.01. The minimum Gasteiger partial charge on any atom is -0.395 e. The van der Waals surface area contributed by atoms with E-state index < -0.39 is 15.9 Å². The van der Waals surface area contributed by atoms with Gasteiger partial charge in [0, 0.05) is 10.5 Å². The van der Waals surface area contributed by atoms with Crippen molar-refractivity contribution in [2.45, 2.75) is 23.5 Å². The molecule has 0 aromatic heterocycles. The number of aliphatic hydroxyl groups is 2. The maximum absolute atomic E-state index is 11.1. The quantitative estimate of drug-likeness (QED) is 0.663. The van der Waals surface area contributed by atoms with Crippen LogP contribution < -0.4 is 0 Å². The van der Waals surface area contributed by atoms with Crippen molar-refractivity contribution in [3.05, 3.63) is 0 Å². The minimum absolute atomic E-state index is 0.00787. The largest absolute Gasteiger partial charge is 0.395 e. The van der Waals surface area contributed by atoms with E-state index in [-0.39, 0.29) is 28.6 Å². The van der Waals surface area contributed by atoms with Crippen LogP contribution in [-0.2, 0) is 9.84 Å². The predicted molar refractivity (Wildman–Crippen MR) is 52.6 cm³/mol. The SMILES string of the molecule is CC(CO)SC1CS(=O)(=O)CC1O. The lowest BCUT2D eigenvalue weighted by Gasteiger charge is -2.15. The van der Waals surface area contributed by atoms with Gasteiger partial charge in [-0.1, -0.05) is 6.92 Å². The van der Waals surface area contributed by atoms with Gasteiger partial charge in [-0.05, 0) is 0 Å². The van der Waals surface area contributed by atoms with Gasteiger partial charge in [0.15, 0.2) is 9.84 Å². The molecule has 0 saturated carbocycles. The Morgan fingerprint density at radius 3 is 2.54 bits per heavy atom. The maximum Gasteiger partial charge on any atom is 0.154 e. The highest BCUT2D eigenvalue weighted by Crippen LogP contribution is 2.27. The average molecular weight is 226 g/mol. The summed E-state index contributed by atoms with van der Waals surface area (Å²) in [6.07, 6.45) is -0.774. The van der Waals surface area contributed by atoms with Gasteiger partial charge in [0.05, 0.1) is 24.2 Å². The van der Waals surface area contributed by atoms with Crippen LogP contribution in [0.1, 0.15) is 6.92 Å². The summed E-state index contributed by atoms with van der Waals surface area (Å²) in [4.78, 5) is 0. The second kappa shape index (κ2) is 4.16. The van der Waals surface area contributed by atoms with E-state index in [0.29, 0.717) is 0 Å². The molecule has 1 saturated heterocycles. The molecule has 2 N–H and O–H groups in total. The van der Waals surface area contributed by atoms with E-state index in [1.54, 1.807) is 0 Å². The van der Waals surface area contributed by atoms with Gasteiger partial charge in [0.1, 0.15) is 0 Å². The lowest BCUT2D eigenvalue weighted by molar-refractivity contribution is 0.207. The number of hydrogen-bond acceptors (Lipinski definition) is 5. The van der Waals surface area contributed by atoms with Gasteiger partial charge in [-0.2, -0.15) is 0 Å². The highest BCUT2D eigenvalue weighted by atomic mass is 32.2. The van der Waals surface area contributed by atoms with Gasteiger partial charge < -0.3 is 10.2 Å². The first-order valence-electron chi connectivity index (χ1n) is 4.09. The van der Waals surface area contributed by atoms with Gasteiger partial charge in [0.2, 0.25) is 0 Å². The number of hydrogen-bond donors (Lipinski definition) is 2. The second-order valence-corrected chi connectivity index (χ2v) is 7.15. The number of sulfone groups is 1. The van der Waals surface area contributed by atoms with Crippen LogP contribution in [0, 0.1) is 0 Å². The molecule has 4 nitrogen and oxygen atoms in total. The monoisotopic (exact) mass is 226 g/mol. The normalized spacial score (nSPS) is 34.7. The smallest absolute Gasteiger partial charge is 0.154 e. The molecule has 0 bridgehead atoms. The van der Waals surface area contributed by atoms with Crippen LogP contribution in [0.3, 0.4) is 0 Å². The van der Waals surface area contributed by atoms with Crippen molar-refractivity contribution in [1.82, 2.24) is 0 Å². The Bertz CT molecular complexity index is 262. The van der Waals surface area contributed by atoms with Crippen LogP contribution >= 0.6 is 11.8 Å². The van der Waals surface area contributed by atoms with E-state index in [4.69, 9.17) is 5.11 Å². The van der Waals surface area contributed by atoms with Gasteiger partial charge in [0.25, 0.3) is 0 Å². The fourth-order valence-electron chi connectivity index (χ4n) is 1.27. The van der Waals surface area contributed by atoms with Crippen molar-refractivity contribution in [3.8, 4) is 0 Å². The summed E-state index contributed by atoms with van der Waals surface area (Å²) in [6.45, 7) is 1.82. The van der Waals surface area contributed by atoms with E-state index in [1.807, 2.05) is 6.92 Å². The summed E-state index contributed by atoms with van der Waals surface area (Å²) >= 11 is 1.34. The van der Waals surface area contributed by atoms with E-state index >= 15 is 0 Å². The lowest BCUT2D eigenvalue weighted by Crippen LogP contribution is -2.23. The zero-order valence-electron chi connectivity index (χ0n) is 7.38. The first-order valence-corrected chi connectivity index (χ1v) is 6.86. The van der Waals surface area contributed by atoms with Crippen molar-refractivity contribution in [3.63, 3.8) is 0 Å². The molecule has 0 radical (unpaired) electrons. The lowest BCUT2D eigenvalue weighted by atomic mass is 10.3. The van der Waals surface area contributed by atoms with E-state index in [2.05, 4.69) is 0 Å². The number of rotatable bonds is 3. The molecule has 78 valence electrons. The van der Waals surface area contributed by atoms with Gasteiger partial charge in [-0.25, -0.2) is 8.42 Å². The molecular formula is C7H14O4S2. The standard InChI is InChI=1S/C7H14O4S2/c1-5(2-8)12-7-4-13(10,11)3-6(7)9/h5-9H,2-4H2,1H3. The molecule has 0 amide bonds. The Labute approximate surface area is 82.3 Å². The van der Waals surface area contributed by atoms with Crippen molar-refractivity contribution >= 4 is 21.6 Å². The van der Waals surface area contributed by atoms with E-state index in [1.165, 1.54) is 11.8 Å². The molecule has 1 aliphatic rings. The molecule has 0 aliphatic carbocycles. The first-order chi connectivity index (χ1) is 5.94. The third-order valence-corrected chi connectivity index (χ3v) is 5.31. The average Bonchev–Trinajstić information content (AvgIpc) is 2.24. The van der Waals surface area contributed by atoms with Gasteiger partial charge >= 0.3 is 0 Å². The molecule has 6 heteroatoms. The van der Waals surface area contributed by atoms with Gasteiger partial charge in [-0.15, -0.1) is 11.8 Å². The Morgan fingerprint density at radius 2 is 2.15 bits per heavy atom. The fourth-order valence-corrected chi connectivity index (χ4v) is 4.90. The molecule has 3 atom stereocenters. The third-order valence-electron chi connectivity index (χ3n) is 1.94. The highest BCUT2D eigenvalue weighted by Gasteiger charge is 2.37. The van der Waals surface area contributed by atoms with Crippen LogP contribution in [0.25, 0.3) is 0 Å². The Hall–Kier alpha value is 0.220. The summed E-state index contributed by atoms with van der Waals surface area (Å²) in [5.41, 5.74) is 0. The first kappa shape index (κ1) is 11.3. The molecule has 0 aromatic carbocycles. The van der Waals surface area contributed by atoms with Gasteiger partial charge in [-0.3, -0.25) is 0 Å². The topological polar surface area (TPSA) is 74.6 Å². The fraction of sp³-hybridized carbons (Fsp3) is 1.00. The van der Waals surface area contributed by atoms with Crippen LogP contribution in [-0.4, -0.2) is 53.3 Å². The van der Waals surface area contributed by atoms with Crippen LogP contribution in [0.2, 0.25) is 0 Å². The van der Waals surface area contributed by atoms with Crippen molar-refractivity contribution in [2.24, 2.45) is 0 Å². The molecule has 0 spiro atoms. The molecule has 3 unspecified atom stereocenters. The minimum atomic E-state index is -3.05. The van der Waals surface area contributed by atoms with Crippen molar-refractivity contribution in [1.29, 1.82) is 0 Å². The molecule has 1 heterocycles. The van der Waals surface area contributed by atoms with Crippen molar-refractivity contribution < 1.29 is 18.6 Å². The summed E-state index contributed by atoms with van der Waals surface area (Å²) in [5.74, 6) is -0.105. The molecule has 0 aromatic rings. The Balaban J connectivity index is 2.53. The van der Waals surface area contributed by atoms with Crippen LogP contribution in [0.15, 0.2) is 0 Å². The summed E-state index contributed by atoms with van der Waals surface area (Å²) < 4.78 is 22.2. The van der Waals surface area contributed by atoms with E-state index in [9.17, 15) is 13.5 Å². The Kier molecular flexibility index (Phi) is 3.62. The number of aliphatic hydroxyl groups excluding tert-OH is 2. The van der Waals surface area contributed by atoms with Crippen LogP contribution in [0.5, 0.6) is 0 Å². The maximum atomic E-state index is 11.1. The summed E-state index contributed by atoms with van der Waals surface area (Å²) in [5, 5.41) is 17.9. The molecular weight excluding hydrogens is 212 g/mol. The summed E-state index contributed by atoms with van der Waals surface area (Å²) in [6, 6.07) is 0. The van der Waals surface area contributed by atoms with Crippen LogP contribution in [0.4, 0.5) is 0 Å². The molecule has 1 rings (SSSR count). The van der Waals surface area contributed by atoms with E-state index in [0.717, 1.165) is 0 Å². The molecule has 1 aliphatic heterocycles. The number of thioether (sulfide) groups is 1. The molecule has 1 fully saturated rings. The van der Waals surface area contributed by atoms with Crippen molar-refractivity contribution in [2.75, 3.05) is 18.1 Å². The third kappa shape index (κ3) is 3.12. The Morgan fingerprint density at radius 1 is 1.54 bits per heavy atom. The predicted octanol–water partition coefficient (Wildman–Crippen LogP) is -0.742. The molecule has 13 heavy (non-hydrogen) atoms. The highest BCUT2D eigenvalue weighted by molar-refractivity contribution is 8.02.